The van der Waals surface area contributed by atoms with Crippen LogP contribution in [0.1, 0.15) is 16.7 Å². The van der Waals surface area contributed by atoms with Crippen LogP contribution in [0, 0.1) is 0 Å². The lowest BCUT2D eigenvalue weighted by atomic mass is 10.1. The van der Waals surface area contributed by atoms with Gasteiger partial charge in [0.25, 0.3) is 0 Å². The summed E-state index contributed by atoms with van der Waals surface area (Å²) in [6.07, 6.45) is -3.18. The van der Waals surface area contributed by atoms with Gasteiger partial charge in [-0.2, -0.15) is 22.0 Å². The lowest BCUT2D eigenvalue weighted by molar-refractivity contribution is -0.137. The molecule has 152 valence electrons. The van der Waals surface area contributed by atoms with E-state index in [-0.39, 0.29) is 28.7 Å². The summed E-state index contributed by atoms with van der Waals surface area (Å²) in [6, 6.07) is 7.95. The van der Waals surface area contributed by atoms with Crippen LogP contribution in [0.5, 0.6) is 11.5 Å². The van der Waals surface area contributed by atoms with E-state index in [1.54, 1.807) is 0 Å². The average molecular weight is 413 g/mol. The van der Waals surface area contributed by atoms with Gasteiger partial charge in [0.15, 0.2) is 17.2 Å². The van der Waals surface area contributed by atoms with Gasteiger partial charge >= 0.3 is 18.8 Å². The van der Waals surface area contributed by atoms with Gasteiger partial charge in [0.1, 0.15) is 0 Å². The Kier molecular flexibility index (Phi) is 5.53. The zero-order chi connectivity index (χ0) is 21.2. The van der Waals surface area contributed by atoms with Gasteiger partial charge in [0, 0.05) is 5.56 Å². The summed E-state index contributed by atoms with van der Waals surface area (Å²) < 4.78 is 77.0. The number of hydrogen-bond acceptors (Lipinski definition) is 5. The highest BCUT2D eigenvalue weighted by molar-refractivity contribution is 6.12. The first-order chi connectivity index (χ1) is 13.7. The molecule has 10 heteroatoms. The second-order valence-electron chi connectivity index (χ2n) is 5.70. The molecule has 0 amide bonds. The number of cyclic esters (lactones) is 1. The molecule has 1 aliphatic heterocycles. The number of methoxy groups -OCH3 is 1. The van der Waals surface area contributed by atoms with Crippen LogP contribution in [0.4, 0.5) is 22.0 Å². The van der Waals surface area contributed by atoms with Crippen molar-refractivity contribution in [1.29, 1.82) is 0 Å². The van der Waals surface area contributed by atoms with Gasteiger partial charge in [-0.3, -0.25) is 0 Å². The molecule has 0 unspecified atom stereocenters. The van der Waals surface area contributed by atoms with E-state index in [4.69, 9.17) is 9.47 Å². The van der Waals surface area contributed by atoms with E-state index in [0.29, 0.717) is 5.56 Å². The van der Waals surface area contributed by atoms with E-state index >= 15 is 0 Å². The van der Waals surface area contributed by atoms with Crippen molar-refractivity contribution in [2.24, 2.45) is 4.99 Å². The van der Waals surface area contributed by atoms with Gasteiger partial charge in [-0.15, -0.1) is 0 Å². The fraction of sp³-hybridized carbons (Fsp3) is 0.158. The maximum Gasteiger partial charge on any atom is 0.416 e. The molecular weight excluding hydrogens is 401 g/mol. The van der Waals surface area contributed by atoms with Crippen molar-refractivity contribution >= 4 is 17.9 Å². The molecule has 1 aliphatic rings. The molecule has 0 aliphatic carbocycles. The molecule has 0 saturated carbocycles. The van der Waals surface area contributed by atoms with Crippen molar-refractivity contribution in [3.63, 3.8) is 0 Å². The maximum absolute atomic E-state index is 12.6. The van der Waals surface area contributed by atoms with Gasteiger partial charge in [0.2, 0.25) is 5.90 Å². The van der Waals surface area contributed by atoms with Crippen molar-refractivity contribution in [3.8, 4) is 11.5 Å². The topological polar surface area (TPSA) is 57.1 Å². The van der Waals surface area contributed by atoms with Crippen molar-refractivity contribution in [2.75, 3.05) is 7.11 Å². The first-order valence-electron chi connectivity index (χ1n) is 8.00. The third kappa shape index (κ3) is 4.71. The highest BCUT2D eigenvalue weighted by atomic mass is 19.4. The predicted octanol–water partition coefficient (Wildman–Crippen LogP) is 4.66. The fourth-order valence-electron chi connectivity index (χ4n) is 2.46. The second-order valence-corrected chi connectivity index (χ2v) is 5.70. The number of rotatable bonds is 5. The van der Waals surface area contributed by atoms with Crippen LogP contribution in [0.15, 0.2) is 53.2 Å². The van der Waals surface area contributed by atoms with E-state index < -0.39 is 24.3 Å². The zero-order valence-corrected chi connectivity index (χ0v) is 14.7. The first-order valence-corrected chi connectivity index (χ1v) is 8.00. The largest absolute Gasteiger partial charge is 0.493 e. The predicted molar refractivity (Wildman–Crippen MR) is 91.7 cm³/mol. The standard InChI is InChI=1S/C19H12F5NO4/c1-27-15-9-10(2-7-14(15)28-18(20)21)8-13-17(26)29-16(25-13)11-3-5-12(6-4-11)19(22,23)24/h2-9,18H,1H3/b13-8-. The van der Waals surface area contributed by atoms with E-state index in [0.717, 1.165) is 24.3 Å². The molecule has 0 aromatic heterocycles. The van der Waals surface area contributed by atoms with Crippen molar-refractivity contribution in [1.82, 2.24) is 0 Å². The summed E-state index contributed by atoms with van der Waals surface area (Å²) >= 11 is 0. The number of carbonyl (C=O) groups is 1. The number of nitrogens with zero attached hydrogens (tertiary/aromatic N) is 1. The maximum atomic E-state index is 12.6. The molecule has 29 heavy (non-hydrogen) atoms. The number of alkyl halides is 5. The summed E-state index contributed by atoms with van der Waals surface area (Å²) in [6.45, 7) is -3.03. The first kappa shape index (κ1) is 20.3. The normalized spacial score (nSPS) is 15.5. The number of ether oxygens (including phenoxy) is 3. The number of esters is 1. The number of aliphatic imine (C=N–C) groups is 1. The van der Waals surface area contributed by atoms with Crippen LogP contribution >= 0.6 is 0 Å². The molecular formula is C19H12F5NO4. The molecule has 2 aromatic carbocycles. The molecule has 0 bridgehead atoms. The van der Waals surface area contributed by atoms with Gasteiger partial charge in [-0.05, 0) is 48.0 Å². The molecule has 0 saturated heterocycles. The average Bonchev–Trinajstić information content (AvgIpc) is 3.02. The number of carbonyl (C=O) groups excluding carboxylic acids is 1. The summed E-state index contributed by atoms with van der Waals surface area (Å²) in [5.74, 6) is -1.14. The Hall–Kier alpha value is -3.43. The Bertz CT molecular complexity index is 981. The van der Waals surface area contributed by atoms with E-state index in [1.807, 2.05) is 0 Å². The van der Waals surface area contributed by atoms with Gasteiger partial charge < -0.3 is 14.2 Å². The minimum atomic E-state index is -4.49. The minimum absolute atomic E-state index is 0.0120. The Morgan fingerprint density at radius 1 is 1.07 bits per heavy atom. The molecule has 0 spiro atoms. The summed E-state index contributed by atoms with van der Waals surface area (Å²) in [7, 11) is 1.26. The molecule has 0 N–H and O–H groups in total. The fourth-order valence-corrected chi connectivity index (χ4v) is 2.46. The third-order valence-electron chi connectivity index (χ3n) is 3.79. The van der Waals surface area contributed by atoms with Crippen LogP contribution in [0.2, 0.25) is 0 Å². The van der Waals surface area contributed by atoms with Gasteiger partial charge in [-0.1, -0.05) is 6.07 Å². The van der Waals surface area contributed by atoms with Crippen LogP contribution in [0.25, 0.3) is 6.08 Å². The highest BCUT2D eigenvalue weighted by Crippen LogP contribution is 2.32. The van der Waals surface area contributed by atoms with Crippen molar-refractivity contribution in [3.05, 3.63) is 64.9 Å². The molecule has 0 radical (unpaired) electrons. The molecule has 2 aromatic rings. The smallest absolute Gasteiger partial charge is 0.416 e. The van der Waals surface area contributed by atoms with Crippen LogP contribution in [0.3, 0.4) is 0 Å². The van der Waals surface area contributed by atoms with Crippen LogP contribution in [-0.4, -0.2) is 25.6 Å². The molecule has 1 heterocycles. The lowest BCUT2D eigenvalue weighted by Crippen LogP contribution is -2.08. The minimum Gasteiger partial charge on any atom is -0.493 e. The molecule has 3 rings (SSSR count). The zero-order valence-electron chi connectivity index (χ0n) is 14.7. The molecule has 0 atom stereocenters. The summed E-state index contributed by atoms with van der Waals surface area (Å²) in [4.78, 5) is 16.0. The number of hydrogen-bond donors (Lipinski definition) is 0. The Labute approximate surface area is 161 Å². The Balaban J connectivity index is 1.87. The SMILES string of the molecule is COc1cc(/C=C2\N=C(c3ccc(C(F)(F)F)cc3)OC2=O)ccc1OC(F)F. The van der Waals surface area contributed by atoms with E-state index in [1.165, 1.54) is 31.4 Å². The third-order valence-corrected chi connectivity index (χ3v) is 3.79. The summed E-state index contributed by atoms with van der Waals surface area (Å²) in [5.41, 5.74) is -0.398. The second kappa shape index (κ2) is 7.90. The Morgan fingerprint density at radius 3 is 2.34 bits per heavy atom. The van der Waals surface area contributed by atoms with Crippen LogP contribution < -0.4 is 9.47 Å². The van der Waals surface area contributed by atoms with Crippen molar-refractivity contribution < 1.29 is 41.0 Å². The van der Waals surface area contributed by atoms with Gasteiger partial charge in [0.05, 0.1) is 12.7 Å². The van der Waals surface area contributed by atoms with Gasteiger partial charge in [-0.25, -0.2) is 9.79 Å². The monoisotopic (exact) mass is 413 g/mol. The number of halogens is 5. The Morgan fingerprint density at radius 2 is 1.76 bits per heavy atom. The summed E-state index contributed by atoms with van der Waals surface area (Å²) in [5, 5.41) is 0. The molecule has 5 nitrogen and oxygen atoms in total. The quantitative estimate of drug-likeness (QED) is 0.407. The van der Waals surface area contributed by atoms with E-state index in [2.05, 4.69) is 9.73 Å². The highest BCUT2D eigenvalue weighted by Gasteiger charge is 2.31. The molecule has 0 fully saturated rings. The van der Waals surface area contributed by atoms with Crippen molar-refractivity contribution in [2.45, 2.75) is 12.8 Å². The lowest BCUT2D eigenvalue weighted by Gasteiger charge is -2.10. The van der Waals surface area contributed by atoms with E-state index in [9.17, 15) is 26.7 Å². The number of benzene rings is 2. The van der Waals surface area contributed by atoms with Crippen LogP contribution in [-0.2, 0) is 15.7 Å².